The third-order valence-electron chi connectivity index (χ3n) is 3.49. The van der Waals surface area contributed by atoms with E-state index in [0.29, 0.717) is 5.70 Å². The molecule has 2 aromatic heterocycles. The molecule has 0 spiro atoms. The summed E-state index contributed by atoms with van der Waals surface area (Å²) < 4.78 is 1.52. The topological polar surface area (TPSA) is 63.6 Å². The summed E-state index contributed by atoms with van der Waals surface area (Å²) in [6.07, 6.45) is 6.74. The molecule has 0 saturated carbocycles. The van der Waals surface area contributed by atoms with Crippen molar-refractivity contribution in [3.05, 3.63) is 48.7 Å². The summed E-state index contributed by atoms with van der Waals surface area (Å²) in [5.41, 5.74) is 2.01. The number of H-pyrrole nitrogens is 1. The number of carbonyl (C=O) groups excluding carboxylic acids is 1. The molecule has 3 rings (SSSR count). The van der Waals surface area contributed by atoms with Gasteiger partial charge in [-0.2, -0.15) is 5.10 Å². The van der Waals surface area contributed by atoms with Crippen LogP contribution in [0.1, 0.15) is 26.3 Å². The number of hydrogen-bond acceptors (Lipinski definition) is 3. The van der Waals surface area contributed by atoms with E-state index in [1.165, 1.54) is 11.0 Å². The first-order valence-electron chi connectivity index (χ1n) is 7.14. The molecular weight excluding hydrogens is 276 g/mol. The first kappa shape index (κ1) is 14.3. The van der Waals surface area contributed by atoms with Gasteiger partial charge in [-0.05, 0) is 12.1 Å². The number of Topliss-reactive ketones (excluding diaryl/α,β-unsaturated/α-hetero) is 1. The highest BCUT2D eigenvalue weighted by atomic mass is 16.1. The maximum absolute atomic E-state index is 12.8. The molecule has 1 N–H and O–H groups in total. The molecule has 5 nitrogen and oxygen atoms in total. The minimum atomic E-state index is -0.496. The Kier molecular flexibility index (Phi) is 3.41. The molecule has 0 bridgehead atoms. The summed E-state index contributed by atoms with van der Waals surface area (Å²) in [5.74, 6) is 0.0169. The Balaban J connectivity index is 2.15. The van der Waals surface area contributed by atoms with E-state index in [-0.39, 0.29) is 5.78 Å². The predicted octanol–water partition coefficient (Wildman–Crippen LogP) is 3.37. The molecule has 0 saturated heterocycles. The van der Waals surface area contributed by atoms with Crippen LogP contribution in [0, 0.1) is 5.41 Å². The largest absolute Gasteiger partial charge is 0.361 e. The average molecular weight is 294 g/mol. The fourth-order valence-corrected chi connectivity index (χ4v) is 2.31. The second-order valence-corrected chi connectivity index (χ2v) is 6.24. The Bertz CT molecular complexity index is 835. The number of aromatic amines is 1. The van der Waals surface area contributed by atoms with Crippen LogP contribution < -0.4 is 0 Å². The molecule has 5 heteroatoms. The van der Waals surface area contributed by atoms with Crippen LogP contribution in [0.4, 0.5) is 0 Å². The summed E-state index contributed by atoms with van der Waals surface area (Å²) in [6, 6.07) is 7.99. The van der Waals surface area contributed by atoms with Crippen LogP contribution in [-0.2, 0) is 4.79 Å². The van der Waals surface area contributed by atoms with Gasteiger partial charge < -0.3 is 4.98 Å². The molecule has 112 valence electrons. The lowest BCUT2D eigenvalue weighted by molar-refractivity contribution is -0.120. The summed E-state index contributed by atoms with van der Waals surface area (Å²) in [5, 5.41) is 5.19. The second kappa shape index (κ2) is 5.26. The van der Waals surface area contributed by atoms with Crippen molar-refractivity contribution in [2.75, 3.05) is 0 Å². The monoisotopic (exact) mass is 294 g/mol. The van der Waals surface area contributed by atoms with Gasteiger partial charge in [0.05, 0.1) is 0 Å². The minimum absolute atomic E-state index is 0.0169. The Morgan fingerprint density at radius 1 is 1.27 bits per heavy atom. The van der Waals surface area contributed by atoms with E-state index < -0.39 is 5.41 Å². The zero-order valence-corrected chi connectivity index (χ0v) is 12.9. The Morgan fingerprint density at radius 3 is 2.73 bits per heavy atom. The molecule has 0 atom stereocenters. The number of nitrogens with zero attached hydrogens (tertiary/aromatic N) is 3. The number of aromatic nitrogens is 4. The number of benzene rings is 1. The Labute approximate surface area is 128 Å². The van der Waals surface area contributed by atoms with Crippen molar-refractivity contribution in [3.8, 4) is 0 Å². The highest BCUT2D eigenvalue weighted by Gasteiger charge is 2.26. The van der Waals surface area contributed by atoms with E-state index >= 15 is 0 Å². The fourth-order valence-electron chi connectivity index (χ4n) is 2.31. The van der Waals surface area contributed by atoms with Crippen molar-refractivity contribution < 1.29 is 4.79 Å². The standard InChI is InChI=1S/C17H18N4O/c1-17(2,3)16(22)15(21-11-18-10-20-21)8-12-9-19-14-7-5-4-6-13(12)14/h4-11,19H,1-3H3/b15-8-. The van der Waals surface area contributed by atoms with Crippen molar-refractivity contribution in [1.29, 1.82) is 0 Å². The first-order chi connectivity index (χ1) is 10.5. The SMILES string of the molecule is CC(C)(C)C(=O)/C(=C/c1c[nH]c2ccccc12)n1cncn1. The maximum Gasteiger partial charge on any atom is 0.186 e. The number of rotatable bonds is 3. The van der Waals surface area contributed by atoms with E-state index in [4.69, 9.17) is 0 Å². The molecule has 22 heavy (non-hydrogen) atoms. The Hall–Kier alpha value is -2.69. The van der Waals surface area contributed by atoms with Crippen molar-refractivity contribution >= 4 is 28.5 Å². The third-order valence-corrected chi connectivity index (χ3v) is 3.49. The van der Waals surface area contributed by atoms with Gasteiger partial charge in [0.15, 0.2) is 5.78 Å². The minimum Gasteiger partial charge on any atom is -0.361 e. The summed E-state index contributed by atoms with van der Waals surface area (Å²) in [7, 11) is 0. The average Bonchev–Trinajstić information content (AvgIpc) is 3.13. The normalized spacial score (nSPS) is 12.8. The zero-order valence-electron chi connectivity index (χ0n) is 12.9. The smallest absolute Gasteiger partial charge is 0.186 e. The lowest BCUT2D eigenvalue weighted by atomic mass is 9.88. The first-order valence-corrected chi connectivity index (χ1v) is 7.14. The highest BCUT2D eigenvalue weighted by Crippen LogP contribution is 2.26. The van der Waals surface area contributed by atoms with Crippen LogP contribution in [0.5, 0.6) is 0 Å². The van der Waals surface area contributed by atoms with E-state index in [2.05, 4.69) is 15.1 Å². The van der Waals surface area contributed by atoms with Crippen LogP contribution in [-0.4, -0.2) is 25.5 Å². The van der Waals surface area contributed by atoms with Gasteiger partial charge in [0.25, 0.3) is 0 Å². The molecule has 0 fully saturated rings. The van der Waals surface area contributed by atoms with Crippen molar-refractivity contribution in [2.45, 2.75) is 20.8 Å². The molecule has 0 aliphatic heterocycles. The van der Waals surface area contributed by atoms with Gasteiger partial charge in [-0.25, -0.2) is 9.67 Å². The maximum atomic E-state index is 12.8. The van der Waals surface area contributed by atoms with E-state index in [9.17, 15) is 4.79 Å². The third kappa shape index (κ3) is 2.57. The molecule has 0 amide bonds. The molecular formula is C17H18N4O. The number of nitrogens with one attached hydrogen (secondary N) is 1. The summed E-state index contributed by atoms with van der Waals surface area (Å²) in [4.78, 5) is 19.9. The quantitative estimate of drug-likeness (QED) is 0.753. The Morgan fingerprint density at radius 2 is 2.05 bits per heavy atom. The number of hydrogen-bond donors (Lipinski definition) is 1. The van der Waals surface area contributed by atoms with Crippen LogP contribution in [0.15, 0.2) is 43.1 Å². The molecule has 2 heterocycles. The van der Waals surface area contributed by atoms with Crippen molar-refractivity contribution in [3.63, 3.8) is 0 Å². The number of ketones is 1. The van der Waals surface area contributed by atoms with Gasteiger partial charge in [0.2, 0.25) is 0 Å². The van der Waals surface area contributed by atoms with Crippen LogP contribution >= 0.6 is 0 Å². The van der Waals surface area contributed by atoms with Gasteiger partial charge >= 0.3 is 0 Å². The van der Waals surface area contributed by atoms with Crippen LogP contribution in [0.25, 0.3) is 22.7 Å². The molecule has 0 unspecified atom stereocenters. The van der Waals surface area contributed by atoms with Crippen molar-refractivity contribution in [1.82, 2.24) is 19.7 Å². The number of fused-ring (bicyclic) bond motifs is 1. The lowest BCUT2D eigenvalue weighted by Crippen LogP contribution is -2.24. The highest BCUT2D eigenvalue weighted by molar-refractivity contribution is 6.22. The van der Waals surface area contributed by atoms with E-state index in [0.717, 1.165) is 16.5 Å². The molecule has 1 aromatic carbocycles. The van der Waals surface area contributed by atoms with Gasteiger partial charge in [-0.15, -0.1) is 0 Å². The van der Waals surface area contributed by atoms with Gasteiger partial charge in [-0.1, -0.05) is 39.0 Å². The molecule has 3 aromatic rings. The summed E-state index contributed by atoms with van der Waals surface area (Å²) >= 11 is 0. The second-order valence-electron chi connectivity index (χ2n) is 6.24. The summed E-state index contributed by atoms with van der Waals surface area (Å²) in [6.45, 7) is 5.69. The molecule has 0 radical (unpaired) electrons. The predicted molar refractivity (Wildman–Crippen MR) is 86.9 cm³/mol. The molecule has 0 aliphatic carbocycles. The number of allylic oxidation sites excluding steroid dienone is 1. The number of para-hydroxylation sites is 1. The lowest BCUT2D eigenvalue weighted by Gasteiger charge is -2.18. The van der Waals surface area contributed by atoms with Gasteiger partial charge in [-0.3, -0.25) is 4.79 Å². The molecule has 0 aliphatic rings. The van der Waals surface area contributed by atoms with Crippen LogP contribution in [0.3, 0.4) is 0 Å². The van der Waals surface area contributed by atoms with Gasteiger partial charge in [0.1, 0.15) is 18.4 Å². The van der Waals surface area contributed by atoms with E-state index in [1.807, 2.05) is 57.3 Å². The van der Waals surface area contributed by atoms with Crippen LogP contribution in [0.2, 0.25) is 0 Å². The number of carbonyl (C=O) groups is 1. The fraction of sp³-hybridized carbons (Fsp3) is 0.235. The zero-order chi connectivity index (χ0) is 15.7. The van der Waals surface area contributed by atoms with E-state index in [1.54, 1.807) is 6.33 Å². The van der Waals surface area contributed by atoms with Crippen molar-refractivity contribution in [2.24, 2.45) is 5.41 Å². The van der Waals surface area contributed by atoms with Gasteiger partial charge in [0, 0.05) is 28.1 Å².